The zero-order chi connectivity index (χ0) is 26.4. The number of carbonyl (C=O) groups excluding carboxylic acids is 1. The summed E-state index contributed by atoms with van der Waals surface area (Å²) in [5.41, 5.74) is 4.41. The Morgan fingerprint density at radius 3 is 2.54 bits per heavy atom. The van der Waals surface area contributed by atoms with Crippen molar-refractivity contribution in [2.45, 2.75) is 58.3 Å². The number of phenolic OH excluding ortho intramolecular Hbond substituents is 2. The van der Waals surface area contributed by atoms with Crippen LogP contribution in [0.25, 0.3) is 0 Å². The number of ether oxygens (including phenoxy) is 2. The van der Waals surface area contributed by atoms with Gasteiger partial charge in [-0.3, -0.25) is 9.69 Å². The van der Waals surface area contributed by atoms with Crippen LogP contribution in [0.3, 0.4) is 0 Å². The van der Waals surface area contributed by atoms with Gasteiger partial charge in [-0.05, 0) is 60.2 Å². The summed E-state index contributed by atoms with van der Waals surface area (Å²) in [4.78, 5) is 17.6. The number of piperidine rings is 1. The average Bonchev–Trinajstić information content (AvgIpc) is 3.31. The molecule has 202 valence electrons. The monoisotopic (exact) mass is 511 g/mol. The first-order valence-corrected chi connectivity index (χ1v) is 13.3. The summed E-state index contributed by atoms with van der Waals surface area (Å²) in [5.74, 6) is -0.352. The van der Waals surface area contributed by atoms with E-state index >= 15 is 0 Å². The van der Waals surface area contributed by atoms with Crippen LogP contribution < -0.4 is 5.32 Å². The van der Waals surface area contributed by atoms with Crippen LogP contribution in [0.5, 0.6) is 11.5 Å². The Hall–Kier alpha value is -2.65. The number of amides is 1. The van der Waals surface area contributed by atoms with Crippen molar-refractivity contribution >= 4 is 5.91 Å². The summed E-state index contributed by atoms with van der Waals surface area (Å²) in [7, 11) is 1.68. The van der Waals surface area contributed by atoms with E-state index < -0.39 is 0 Å². The Balaban J connectivity index is 1.44. The van der Waals surface area contributed by atoms with Gasteiger partial charge in [0, 0.05) is 45.4 Å². The quantitative estimate of drug-likeness (QED) is 0.397. The molecule has 0 radical (unpaired) electrons. The van der Waals surface area contributed by atoms with Gasteiger partial charge in [-0.1, -0.05) is 32.0 Å². The number of hydrogen-bond donors (Lipinski definition) is 3. The number of phenols is 2. The Bertz CT molecular complexity index is 1070. The summed E-state index contributed by atoms with van der Waals surface area (Å²) in [6.07, 6.45) is 2.25. The highest BCUT2D eigenvalue weighted by molar-refractivity contribution is 5.97. The summed E-state index contributed by atoms with van der Waals surface area (Å²) in [6.45, 7) is 10.6. The highest BCUT2D eigenvalue weighted by Gasteiger charge is 2.28. The van der Waals surface area contributed by atoms with E-state index in [-0.39, 0.29) is 28.9 Å². The van der Waals surface area contributed by atoms with Crippen LogP contribution in [0.15, 0.2) is 30.3 Å². The fraction of sp³-hybridized carbons (Fsp3) is 0.552. The van der Waals surface area contributed by atoms with Crippen molar-refractivity contribution < 1.29 is 24.5 Å². The maximum absolute atomic E-state index is 13.3. The average molecular weight is 512 g/mol. The molecule has 0 atom stereocenters. The lowest BCUT2D eigenvalue weighted by molar-refractivity contribution is 0.0435. The minimum Gasteiger partial charge on any atom is -0.508 e. The Kier molecular flexibility index (Phi) is 9.43. The maximum Gasteiger partial charge on any atom is 0.258 e. The summed E-state index contributed by atoms with van der Waals surface area (Å²) < 4.78 is 10.9. The molecule has 2 aromatic carbocycles. The van der Waals surface area contributed by atoms with Crippen LogP contribution in [0.2, 0.25) is 0 Å². The van der Waals surface area contributed by atoms with Gasteiger partial charge in [0.15, 0.2) is 0 Å². The number of hydrogen-bond acceptors (Lipinski definition) is 7. The van der Waals surface area contributed by atoms with Crippen LogP contribution >= 0.6 is 0 Å². The molecule has 0 aromatic heterocycles. The zero-order valence-electron chi connectivity index (χ0n) is 22.3. The number of nitrogens with one attached hydrogen (secondary N) is 1. The summed E-state index contributed by atoms with van der Waals surface area (Å²) in [6, 6.07) is 9.94. The van der Waals surface area contributed by atoms with E-state index in [2.05, 4.69) is 28.4 Å². The largest absolute Gasteiger partial charge is 0.508 e. The highest BCUT2D eigenvalue weighted by Crippen LogP contribution is 2.34. The number of carbonyl (C=O) groups is 1. The predicted molar refractivity (Wildman–Crippen MR) is 143 cm³/mol. The van der Waals surface area contributed by atoms with Gasteiger partial charge in [-0.25, -0.2) is 0 Å². The maximum atomic E-state index is 13.3. The molecule has 2 aromatic rings. The molecule has 0 bridgehead atoms. The van der Waals surface area contributed by atoms with Crippen molar-refractivity contribution in [3.05, 3.63) is 58.1 Å². The van der Waals surface area contributed by atoms with E-state index in [1.54, 1.807) is 18.1 Å². The molecule has 37 heavy (non-hydrogen) atoms. The number of benzene rings is 2. The van der Waals surface area contributed by atoms with Crippen LogP contribution in [0, 0.1) is 0 Å². The van der Waals surface area contributed by atoms with Crippen LogP contribution in [0.1, 0.15) is 65.2 Å². The molecule has 2 heterocycles. The van der Waals surface area contributed by atoms with Crippen molar-refractivity contribution in [3.8, 4) is 11.5 Å². The number of methoxy groups -OCH3 is 1. The predicted octanol–water partition coefficient (Wildman–Crippen LogP) is 3.59. The summed E-state index contributed by atoms with van der Waals surface area (Å²) >= 11 is 0. The third kappa shape index (κ3) is 6.82. The van der Waals surface area contributed by atoms with Crippen LogP contribution in [-0.4, -0.2) is 78.5 Å². The molecule has 2 aliphatic rings. The molecule has 1 fully saturated rings. The SMILES string of the molecule is COCCOCCN(Cc1ccc2c(c1)CN(C(=O)c1cc(C(C)C)c(O)cc1O)C2)C1CCNCC1. The van der Waals surface area contributed by atoms with Crippen molar-refractivity contribution in [3.63, 3.8) is 0 Å². The molecule has 8 nitrogen and oxygen atoms in total. The van der Waals surface area contributed by atoms with Crippen molar-refractivity contribution in [1.82, 2.24) is 15.1 Å². The second-order valence-electron chi connectivity index (χ2n) is 10.4. The lowest BCUT2D eigenvalue weighted by Crippen LogP contribution is -2.44. The molecule has 0 aliphatic carbocycles. The van der Waals surface area contributed by atoms with Crippen LogP contribution in [0.4, 0.5) is 0 Å². The van der Waals surface area contributed by atoms with Gasteiger partial charge >= 0.3 is 0 Å². The van der Waals surface area contributed by atoms with Crippen molar-refractivity contribution in [2.75, 3.05) is 46.6 Å². The van der Waals surface area contributed by atoms with Gasteiger partial charge in [0.1, 0.15) is 11.5 Å². The first-order valence-electron chi connectivity index (χ1n) is 13.3. The number of fused-ring (bicyclic) bond motifs is 1. The Morgan fingerprint density at radius 1 is 1.05 bits per heavy atom. The standard InChI is InChI=1S/C29H41N3O5/c1-20(2)25-15-26(28(34)16-27(25)33)29(35)32-18-22-5-4-21(14-23(22)19-32)17-31(10-11-37-13-12-36-3)24-6-8-30-9-7-24/h4-5,14-16,20,24,30,33-34H,6-13,17-19H2,1-3H3. The van der Waals surface area contributed by atoms with E-state index in [9.17, 15) is 15.0 Å². The van der Waals surface area contributed by atoms with E-state index in [4.69, 9.17) is 9.47 Å². The number of rotatable bonds is 11. The normalized spacial score (nSPS) is 16.1. The molecule has 0 saturated carbocycles. The molecular weight excluding hydrogens is 470 g/mol. The molecule has 3 N–H and O–H groups in total. The van der Waals surface area contributed by atoms with E-state index in [0.717, 1.165) is 50.1 Å². The third-order valence-electron chi connectivity index (χ3n) is 7.44. The molecule has 4 rings (SSSR count). The zero-order valence-corrected chi connectivity index (χ0v) is 22.3. The fourth-order valence-electron chi connectivity index (χ4n) is 5.31. The van der Waals surface area contributed by atoms with E-state index in [1.165, 1.54) is 11.6 Å². The second kappa shape index (κ2) is 12.7. The molecule has 1 amide bonds. The lowest BCUT2D eigenvalue weighted by Gasteiger charge is -2.34. The molecule has 1 saturated heterocycles. The van der Waals surface area contributed by atoms with E-state index in [1.807, 2.05) is 13.8 Å². The lowest BCUT2D eigenvalue weighted by atomic mass is 9.98. The van der Waals surface area contributed by atoms with Gasteiger partial charge in [0.25, 0.3) is 5.91 Å². The molecule has 0 unspecified atom stereocenters. The molecule has 8 heteroatoms. The Morgan fingerprint density at radius 2 is 1.81 bits per heavy atom. The van der Waals surface area contributed by atoms with Crippen molar-refractivity contribution in [2.24, 2.45) is 0 Å². The van der Waals surface area contributed by atoms with Gasteiger partial charge in [-0.2, -0.15) is 0 Å². The van der Waals surface area contributed by atoms with E-state index in [0.29, 0.717) is 44.5 Å². The summed E-state index contributed by atoms with van der Waals surface area (Å²) in [5, 5.41) is 24.0. The fourth-order valence-corrected chi connectivity index (χ4v) is 5.31. The molecule has 2 aliphatic heterocycles. The Labute approximate surface area is 220 Å². The second-order valence-corrected chi connectivity index (χ2v) is 10.4. The van der Waals surface area contributed by atoms with Gasteiger partial charge in [0.05, 0.1) is 25.4 Å². The first-order chi connectivity index (χ1) is 17.9. The third-order valence-corrected chi connectivity index (χ3v) is 7.44. The minimum atomic E-state index is -0.221. The van der Waals surface area contributed by atoms with Crippen molar-refractivity contribution in [1.29, 1.82) is 0 Å². The topological polar surface area (TPSA) is 94.5 Å². The van der Waals surface area contributed by atoms with Gasteiger partial charge in [-0.15, -0.1) is 0 Å². The smallest absolute Gasteiger partial charge is 0.258 e. The number of nitrogens with zero attached hydrogens (tertiary/aromatic N) is 2. The minimum absolute atomic E-state index is 0.0146. The highest BCUT2D eigenvalue weighted by atomic mass is 16.5. The van der Waals surface area contributed by atoms with Crippen LogP contribution in [-0.2, 0) is 29.1 Å². The molecular formula is C29H41N3O5. The first kappa shape index (κ1) is 27.4. The number of aromatic hydroxyl groups is 2. The molecule has 0 spiro atoms. The van der Waals surface area contributed by atoms with Gasteiger partial charge in [0.2, 0.25) is 0 Å². The van der Waals surface area contributed by atoms with Gasteiger partial charge < -0.3 is 29.9 Å².